The van der Waals surface area contributed by atoms with Crippen LogP contribution in [0.5, 0.6) is 0 Å². The summed E-state index contributed by atoms with van der Waals surface area (Å²) < 4.78 is 0. The lowest BCUT2D eigenvalue weighted by molar-refractivity contribution is -0.123. The van der Waals surface area contributed by atoms with Crippen molar-refractivity contribution in [3.63, 3.8) is 0 Å². The zero-order valence-electron chi connectivity index (χ0n) is 12.2. The van der Waals surface area contributed by atoms with Crippen molar-refractivity contribution in [3.8, 4) is 0 Å². The zero-order valence-corrected chi connectivity index (χ0v) is 12.2. The third-order valence-corrected chi connectivity index (χ3v) is 4.20. The minimum absolute atomic E-state index is 0.0689. The Kier molecular flexibility index (Phi) is 5.60. The van der Waals surface area contributed by atoms with E-state index in [4.69, 9.17) is 0 Å². The molecule has 1 aromatic rings. The highest BCUT2D eigenvalue weighted by Gasteiger charge is 2.21. The molecule has 2 atom stereocenters. The fourth-order valence-corrected chi connectivity index (χ4v) is 2.98. The molecule has 1 aromatic carbocycles. The van der Waals surface area contributed by atoms with Crippen molar-refractivity contribution in [1.29, 1.82) is 0 Å². The first-order valence-electron chi connectivity index (χ1n) is 7.69. The quantitative estimate of drug-likeness (QED) is 0.867. The van der Waals surface area contributed by atoms with E-state index in [-0.39, 0.29) is 11.9 Å². The summed E-state index contributed by atoms with van der Waals surface area (Å²) in [5.74, 6) is 0.601. The number of benzene rings is 1. The third kappa shape index (κ3) is 4.34. The molecule has 0 radical (unpaired) electrons. The van der Waals surface area contributed by atoms with Crippen LogP contribution >= 0.6 is 0 Å². The van der Waals surface area contributed by atoms with Gasteiger partial charge in [0, 0.05) is 6.42 Å². The topological polar surface area (TPSA) is 49.3 Å². The first-order chi connectivity index (χ1) is 9.66. The monoisotopic (exact) mass is 275 g/mol. The molecule has 2 unspecified atom stereocenters. The average Bonchev–Trinajstić information content (AvgIpc) is 2.48. The van der Waals surface area contributed by atoms with Gasteiger partial charge in [0.1, 0.15) is 0 Å². The maximum atomic E-state index is 12.0. The lowest BCUT2D eigenvalue weighted by Gasteiger charge is -2.24. The maximum Gasteiger partial charge on any atom is 0.220 e. The standard InChI is InChI=1S/C17H25NO2/c1-13(17(20)15-10-6-3-7-11-15)18-16(19)12-14-8-4-2-5-9-14/h3,6-7,10-11,13-14,17,20H,2,4-5,8-9,12H2,1H3,(H,18,19). The predicted molar refractivity (Wildman–Crippen MR) is 80.2 cm³/mol. The van der Waals surface area contributed by atoms with Crippen molar-refractivity contribution in [2.75, 3.05) is 0 Å². The Morgan fingerprint density at radius 3 is 2.55 bits per heavy atom. The summed E-state index contributed by atoms with van der Waals surface area (Å²) in [5, 5.41) is 13.2. The van der Waals surface area contributed by atoms with Gasteiger partial charge in [-0.25, -0.2) is 0 Å². The molecule has 0 aromatic heterocycles. The first kappa shape index (κ1) is 15.0. The fraction of sp³-hybridized carbons (Fsp3) is 0.588. The largest absolute Gasteiger partial charge is 0.386 e. The van der Waals surface area contributed by atoms with Crippen LogP contribution in [0.2, 0.25) is 0 Å². The molecular formula is C17H25NO2. The Hall–Kier alpha value is -1.35. The first-order valence-corrected chi connectivity index (χ1v) is 7.69. The van der Waals surface area contributed by atoms with Gasteiger partial charge in [-0.1, -0.05) is 49.6 Å². The van der Waals surface area contributed by atoms with E-state index < -0.39 is 6.10 Å². The van der Waals surface area contributed by atoms with Crippen LogP contribution < -0.4 is 5.32 Å². The van der Waals surface area contributed by atoms with Gasteiger partial charge in [0.15, 0.2) is 0 Å². The van der Waals surface area contributed by atoms with Crippen LogP contribution in [0.3, 0.4) is 0 Å². The van der Waals surface area contributed by atoms with Crippen molar-refractivity contribution in [1.82, 2.24) is 5.32 Å². The van der Waals surface area contributed by atoms with Gasteiger partial charge < -0.3 is 10.4 Å². The van der Waals surface area contributed by atoms with E-state index in [0.29, 0.717) is 12.3 Å². The van der Waals surface area contributed by atoms with Crippen LogP contribution in [0, 0.1) is 5.92 Å². The van der Waals surface area contributed by atoms with Gasteiger partial charge in [0.25, 0.3) is 0 Å². The van der Waals surface area contributed by atoms with Gasteiger partial charge in [-0.05, 0) is 31.2 Å². The molecule has 0 spiro atoms. The van der Waals surface area contributed by atoms with E-state index >= 15 is 0 Å². The second-order valence-corrected chi connectivity index (χ2v) is 5.92. The smallest absolute Gasteiger partial charge is 0.220 e. The number of aliphatic hydroxyl groups is 1. The minimum atomic E-state index is -0.647. The molecule has 0 aliphatic heterocycles. The lowest BCUT2D eigenvalue weighted by atomic mass is 9.87. The minimum Gasteiger partial charge on any atom is -0.386 e. The molecule has 1 saturated carbocycles. The molecule has 3 nitrogen and oxygen atoms in total. The number of carbonyl (C=O) groups excluding carboxylic acids is 1. The average molecular weight is 275 g/mol. The number of hydrogen-bond donors (Lipinski definition) is 2. The van der Waals surface area contributed by atoms with Crippen LogP contribution in [0.4, 0.5) is 0 Å². The van der Waals surface area contributed by atoms with Gasteiger partial charge in [0.05, 0.1) is 12.1 Å². The summed E-state index contributed by atoms with van der Waals surface area (Å²) >= 11 is 0. The van der Waals surface area contributed by atoms with Crippen molar-refractivity contribution >= 4 is 5.91 Å². The maximum absolute atomic E-state index is 12.0. The number of nitrogens with one attached hydrogen (secondary N) is 1. The third-order valence-electron chi connectivity index (χ3n) is 4.20. The molecular weight excluding hydrogens is 250 g/mol. The SMILES string of the molecule is CC(NC(=O)CC1CCCCC1)C(O)c1ccccc1. The summed E-state index contributed by atoms with van der Waals surface area (Å²) in [6.07, 6.45) is 6.10. The summed E-state index contributed by atoms with van der Waals surface area (Å²) in [4.78, 5) is 12.0. The number of amides is 1. The lowest BCUT2D eigenvalue weighted by Crippen LogP contribution is -2.38. The van der Waals surface area contributed by atoms with Crippen LogP contribution in [0.25, 0.3) is 0 Å². The van der Waals surface area contributed by atoms with Crippen LogP contribution in [-0.2, 0) is 4.79 Å². The molecule has 1 fully saturated rings. The Balaban J connectivity index is 1.81. The van der Waals surface area contributed by atoms with E-state index in [2.05, 4.69) is 5.32 Å². The zero-order chi connectivity index (χ0) is 14.4. The number of aliphatic hydroxyl groups excluding tert-OH is 1. The van der Waals surface area contributed by atoms with Crippen molar-refractivity contribution in [3.05, 3.63) is 35.9 Å². The van der Waals surface area contributed by atoms with Crippen molar-refractivity contribution < 1.29 is 9.90 Å². The molecule has 110 valence electrons. The van der Waals surface area contributed by atoms with E-state index in [1.54, 1.807) is 0 Å². The van der Waals surface area contributed by atoms with E-state index in [1.165, 1.54) is 32.1 Å². The molecule has 0 saturated heterocycles. The second-order valence-electron chi connectivity index (χ2n) is 5.92. The number of rotatable bonds is 5. The predicted octanol–water partition coefficient (Wildman–Crippen LogP) is 3.20. The molecule has 0 heterocycles. The molecule has 0 bridgehead atoms. The number of hydrogen-bond acceptors (Lipinski definition) is 2. The van der Waals surface area contributed by atoms with Gasteiger partial charge in [0.2, 0.25) is 5.91 Å². The van der Waals surface area contributed by atoms with E-state index in [9.17, 15) is 9.90 Å². The van der Waals surface area contributed by atoms with Crippen molar-refractivity contribution in [2.45, 2.75) is 57.6 Å². The molecule has 1 aliphatic rings. The van der Waals surface area contributed by atoms with Gasteiger partial charge in [-0.3, -0.25) is 4.79 Å². The highest BCUT2D eigenvalue weighted by Crippen LogP contribution is 2.26. The normalized spacial score (nSPS) is 19.3. The molecule has 1 amide bonds. The highest BCUT2D eigenvalue weighted by atomic mass is 16.3. The Labute approximate surface area is 121 Å². The summed E-state index contributed by atoms with van der Waals surface area (Å²) in [6, 6.07) is 9.23. The summed E-state index contributed by atoms with van der Waals surface area (Å²) in [6.45, 7) is 1.86. The van der Waals surface area contributed by atoms with Gasteiger partial charge in [-0.2, -0.15) is 0 Å². The highest BCUT2D eigenvalue weighted by molar-refractivity contribution is 5.76. The second kappa shape index (κ2) is 7.44. The van der Waals surface area contributed by atoms with Crippen LogP contribution in [0.1, 0.15) is 57.1 Å². The van der Waals surface area contributed by atoms with Crippen molar-refractivity contribution in [2.24, 2.45) is 5.92 Å². The molecule has 20 heavy (non-hydrogen) atoms. The molecule has 3 heteroatoms. The molecule has 1 aliphatic carbocycles. The molecule has 2 N–H and O–H groups in total. The van der Waals surface area contributed by atoms with E-state index in [0.717, 1.165) is 5.56 Å². The Bertz CT molecular complexity index is 412. The number of carbonyl (C=O) groups is 1. The van der Waals surface area contributed by atoms with Crippen LogP contribution in [0.15, 0.2) is 30.3 Å². The summed E-state index contributed by atoms with van der Waals surface area (Å²) in [5.41, 5.74) is 0.845. The van der Waals surface area contributed by atoms with Gasteiger partial charge >= 0.3 is 0 Å². The fourth-order valence-electron chi connectivity index (χ4n) is 2.98. The molecule has 2 rings (SSSR count). The van der Waals surface area contributed by atoms with Crippen LogP contribution in [-0.4, -0.2) is 17.1 Å². The van der Waals surface area contributed by atoms with Gasteiger partial charge in [-0.15, -0.1) is 0 Å². The summed E-state index contributed by atoms with van der Waals surface area (Å²) in [7, 11) is 0. The Morgan fingerprint density at radius 1 is 1.25 bits per heavy atom. The van der Waals surface area contributed by atoms with E-state index in [1.807, 2.05) is 37.3 Å². The Morgan fingerprint density at radius 2 is 1.90 bits per heavy atom.